The molecule has 0 radical (unpaired) electrons. The van der Waals surface area contributed by atoms with Crippen molar-refractivity contribution >= 4 is 21.6 Å². The molecular weight excluding hydrogens is 272 g/mol. The van der Waals surface area contributed by atoms with E-state index in [0.717, 1.165) is 0 Å². The molecule has 0 bridgehead atoms. The van der Waals surface area contributed by atoms with Crippen LogP contribution >= 0.6 is 15.9 Å². The Hall–Kier alpha value is -1.24. The zero-order valence-electron chi connectivity index (χ0n) is 7.62. The summed E-state index contributed by atoms with van der Waals surface area (Å²) < 4.78 is 31.3. The monoisotopic (exact) mass is 277 g/mol. The number of ether oxygens (including phenoxy) is 1. The fourth-order valence-electron chi connectivity index (χ4n) is 1.16. The molecule has 0 N–H and O–H groups in total. The Morgan fingerprint density at radius 1 is 1.47 bits per heavy atom. The second kappa shape index (κ2) is 3.73. The summed E-state index contributed by atoms with van der Waals surface area (Å²) in [4.78, 5) is 3.95. The molecule has 0 amide bonds. The van der Waals surface area contributed by atoms with E-state index >= 15 is 0 Å². The third-order valence-corrected chi connectivity index (χ3v) is 2.66. The Kier molecular flexibility index (Phi) is 2.56. The number of aromatic nitrogens is 3. The summed E-state index contributed by atoms with van der Waals surface area (Å²) >= 11 is 3.05. The highest BCUT2D eigenvalue weighted by Gasteiger charge is 2.16. The summed E-state index contributed by atoms with van der Waals surface area (Å²) in [6.07, 6.45) is -2.56. The van der Waals surface area contributed by atoms with Crippen LogP contribution in [0.3, 0.4) is 0 Å². The Morgan fingerprint density at radius 2 is 2.20 bits per heavy atom. The van der Waals surface area contributed by atoms with Gasteiger partial charge in [0, 0.05) is 0 Å². The van der Waals surface area contributed by atoms with Gasteiger partial charge in [0.05, 0.1) is 12.7 Å². The van der Waals surface area contributed by atoms with Crippen LogP contribution in [-0.2, 0) is 0 Å². The van der Waals surface area contributed by atoms with Gasteiger partial charge >= 0.3 is 6.01 Å². The first-order valence-corrected chi connectivity index (χ1v) is 4.80. The molecular formula is C8H6BrF2N3O. The van der Waals surface area contributed by atoms with Gasteiger partial charge in [-0.15, -0.1) is 5.10 Å². The largest absolute Gasteiger partial charge is 0.466 e. The van der Waals surface area contributed by atoms with Crippen LogP contribution in [0.5, 0.6) is 6.01 Å². The molecule has 2 rings (SSSR count). The van der Waals surface area contributed by atoms with Crippen LogP contribution < -0.4 is 4.74 Å². The minimum Gasteiger partial charge on any atom is -0.466 e. The maximum atomic E-state index is 12.5. The van der Waals surface area contributed by atoms with Crippen LogP contribution in [0.2, 0.25) is 0 Å². The smallest absolute Gasteiger partial charge is 0.336 e. The standard InChI is InChI=1S/C8H6BrF2N3O/c1-15-8-12-5-3-2-4(7(10)11)6(9)14(5)13-8/h2-3,7H,1H3. The van der Waals surface area contributed by atoms with E-state index in [4.69, 9.17) is 4.74 Å². The van der Waals surface area contributed by atoms with E-state index < -0.39 is 6.43 Å². The molecule has 2 aromatic rings. The minimum atomic E-state index is -2.56. The lowest BCUT2D eigenvalue weighted by atomic mass is 10.3. The molecule has 4 nitrogen and oxygen atoms in total. The topological polar surface area (TPSA) is 39.4 Å². The minimum absolute atomic E-state index is 0.130. The summed E-state index contributed by atoms with van der Waals surface area (Å²) in [5.41, 5.74) is 0.318. The van der Waals surface area contributed by atoms with E-state index in [1.165, 1.54) is 23.8 Å². The van der Waals surface area contributed by atoms with Crippen molar-refractivity contribution in [2.24, 2.45) is 0 Å². The molecule has 2 aromatic heterocycles. The average Bonchev–Trinajstić information content (AvgIpc) is 2.61. The predicted molar refractivity (Wildman–Crippen MR) is 52.2 cm³/mol. The summed E-state index contributed by atoms with van der Waals surface area (Å²) in [7, 11) is 1.41. The van der Waals surface area contributed by atoms with Crippen molar-refractivity contribution in [3.8, 4) is 6.01 Å². The molecule has 0 spiro atoms. The normalized spacial score (nSPS) is 11.3. The zero-order chi connectivity index (χ0) is 11.0. The molecule has 7 heteroatoms. The van der Waals surface area contributed by atoms with Crippen molar-refractivity contribution in [1.29, 1.82) is 0 Å². The number of hydrogen-bond donors (Lipinski definition) is 0. The van der Waals surface area contributed by atoms with Gasteiger partial charge in [-0.1, -0.05) is 0 Å². The van der Waals surface area contributed by atoms with Gasteiger partial charge in [0.2, 0.25) is 0 Å². The number of methoxy groups -OCH3 is 1. The van der Waals surface area contributed by atoms with Crippen molar-refractivity contribution in [2.45, 2.75) is 6.43 Å². The molecule has 15 heavy (non-hydrogen) atoms. The van der Waals surface area contributed by atoms with Crippen LogP contribution in [0.4, 0.5) is 8.78 Å². The van der Waals surface area contributed by atoms with Gasteiger partial charge in [0.1, 0.15) is 4.60 Å². The first-order chi connectivity index (χ1) is 7.13. The summed E-state index contributed by atoms with van der Waals surface area (Å²) in [5, 5.41) is 3.88. The van der Waals surface area contributed by atoms with Crippen molar-refractivity contribution in [1.82, 2.24) is 14.6 Å². The molecule has 2 heterocycles. The third kappa shape index (κ3) is 1.67. The number of pyridine rings is 1. The van der Waals surface area contributed by atoms with Crippen molar-refractivity contribution in [2.75, 3.05) is 7.11 Å². The van der Waals surface area contributed by atoms with Crippen LogP contribution in [0, 0.1) is 0 Å². The maximum absolute atomic E-state index is 12.5. The molecule has 0 saturated heterocycles. The molecule has 0 aliphatic carbocycles. The first kappa shape index (κ1) is 10.3. The third-order valence-electron chi connectivity index (χ3n) is 1.87. The van der Waals surface area contributed by atoms with Crippen LogP contribution in [0.15, 0.2) is 16.7 Å². The SMILES string of the molecule is COc1nc2ccc(C(F)F)c(Br)n2n1. The highest BCUT2D eigenvalue weighted by Crippen LogP contribution is 2.28. The number of nitrogens with zero attached hydrogens (tertiary/aromatic N) is 3. The Bertz CT molecular complexity index is 500. The van der Waals surface area contributed by atoms with Gasteiger partial charge in [0.25, 0.3) is 6.43 Å². The Labute approximate surface area is 92.0 Å². The number of alkyl halides is 2. The van der Waals surface area contributed by atoms with Gasteiger partial charge in [-0.25, -0.2) is 13.3 Å². The van der Waals surface area contributed by atoms with Crippen LogP contribution in [0.25, 0.3) is 5.65 Å². The Morgan fingerprint density at radius 3 is 2.80 bits per heavy atom. The summed E-state index contributed by atoms with van der Waals surface area (Å²) in [6.45, 7) is 0. The molecule has 0 aromatic carbocycles. The van der Waals surface area contributed by atoms with Gasteiger partial charge < -0.3 is 4.74 Å². The predicted octanol–water partition coefficient (Wildman–Crippen LogP) is 2.44. The fraction of sp³-hybridized carbons (Fsp3) is 0.250. The Balaban J connectivity index is 2.67. The quantitative estimate of drug-likeness (QED) is 0.792. The number of halogens is 3. The lowest BCUT2D eigenvalue weighted by Crippen LogP contribution is -1.96. The zero-order valence-corrected chi connectivity index (χ0v) is 9.20. The molecule has 0 atom stereocenters. The molecule has 0 aliphatic heterocycles. The second-order valence-corrected chi connectivity index (χ2v) is 3.50. The van der Waals surface area contributed by atoms with Gasteiger partial charge in [-0.3, -0.25) is 0 Å². The molecule has 80 valence electrons. The van der Waals surface area contributed by atoms with E-state index in [1.54, 1.807) is 0 Å². The number of hydrogen-bond acceptors (Lipinski definition) is 3. The van der Waals surface area contributed by atoms with E-state index in [1.807, 2.05) is 0 Å². The van der Waals surface area contributed by atoms with Gasteiger partial charge in [0.15, 0.2) is 5.65 Å². The van der Waals surface area contributed by atoms with E-state index in [9.17, 15) is 8.78 Å². The first-order valence-electron chi connectivity index (χ1n) is 4.01. The number of fused-ring (bicyclic) bond motifs is 1. The average molecular weight is 278 g/mol. The molecule has 0 unspecified atom stereocenters. The van der Waals surface area contributed by atoms with Crippen molar-refractivity contribution in [3.63, 3.8) is 0 Å². The number of rotatable bonds is 2. The van der Waals surface area contributed by atoms with Gasteiger partial charge in [-0.05, 0) is 28.1 Å². The highest BCUT2D eigenvalue weighted by atomic mass is 79.9. The lowest BCUT2D eigenvalue weighted by Gasteiger charge is -2.03. The highest BCUT2D eigenvalue weighted by molar-refractivity contribution is 9.10. The fourth-order valence-corrected chi connectivity index (χ4v) is 1.73. The maximum Gasteiger partial charge on any atom is 0.336 e. The van der Waals surface area contributed by atoms with E-state index in [-0.39, 0.29) is 16.2 Å². The second-order valence-electron chi connectivity index (χ2n) is 2.75. The molecule has 0 saturated carbocycles. The van der Waals surface area contributed by atoms with E-state index in [0.29, 0.717) is 5.65 Å². The summed E-state index contributed by atoms with van der Waals surface area (Å²) in [6, 6.07) is 2.90. The van der Waals surface area contributed by atoms with Crippen molar-refractivity contribution in [3.05, 3.63) is 22.3 Å². The van der Waals surface area contributed by atoms with Crippen LogP contribution in [0.1, 0.15) is 12.0 Å². The molecule has 0 fully saturated rings. The van der Waals surface area contributed by atoms with Crippen LogP contribution in [-0.4, -0.2) is 21.7 Å². The molecule has 0 aliphatic rings. The summed E-state index contributed by atoms with van der Waals surface area (Å²) in [5.74, 6) is 0. The van der Waals surface area contributed by atoms with Gasteiger partial charge in [-0.2, -0.15) is 4.98 Å². The van der Waals surface area contributed by atoms with E-state index in [2.05, 4.69) is 26.0 Å². The van der Waals surface area contributed by atoms with Crippen molar-refractivity contribution < 1.29 is 13.5 Å². The lowest BCUT2D eigenvalue weighted by molar-refractivity contribution is 0.149.